The highest BCUT2D eigenvalue weighted by Crippen LogP contribution is 2.33. The number of hydrogen-bond donors (Lipinski definition) is 0. The first-order chi connectivity index (χ1) is 15.7. The summed E-state index contributed by atoms with van der Waals surface area (Å²) in [5.41, 5.74) is 3.07. The summed E-state index contributed by atoms with van der Waals surface area (Å²) in [5, 5.41) is 0. The van der Waals surface area contributed by atoms with Gasteiger partial charge in [0.25, 0.3) is 5.91 Å². The number of nitrogens with zero attached hydrogens (tertiary/aromatic N) is 3. The first-order valence-electron chi connectivity index (χ1n) is 11.6. The minimum absolute atomic E-state index is 0.145. The fourth-order valence-electron chi connectivity index (χ4n) is 4.97. The molecule has 0 N–H and O–H groups in total. The Hall–Kier alpha value is -2.83. The molecule has 0 aliphatic carbocycles. The lowest BCUT2D eigenvalue weighted by Crippen LogP contribution is -2.55. The van der Waals surface area contributed by atoms with Crippen LogP contribution in [0.25, 0.3) is 6.08 Å². The van der Waals surface area contributed by atoms with Crippen LogP contribution in [0.5, 0.6) is 11.5 Å². The van der Waals surface area contributed by atoms with E-state index in [2.05, 4.69) is 28.5 Å². The zero-order valence-corrected chi connectivity index (χ0v) is 18.5. The molecule has 3 aliphatic heterocycles. The van der Waals surface area contributed by atoms with Gasteiger partial charge in [0.2, 0.25) is 6.79 Å². The molecule has 0 bridgehead atoms. The van der Waals surface area contributed by atoms with E-state index in [1.54, 1.807) is 6.08 Å². The smallest absolute Gasteiger partial charge is 0.253 e. The Morgan fingerprint density at radius 3 is 2.56 bits per heavy atom. The molecule has 6 heteroatoms. The van der Waals surface area contributed by atoms with Crippen molar-refractivity contribution in [2.75, 3.05) is 46.1 Å². The van der Waals surface area contributed by atoms with Crippen molar-refractivity contribution in [2.45, 2.75) is 25.4 Å². The van der Waals surface area contributed by atoms with E-state index in [-0.39, 0.29) is 5.91 Å². The van der Waals surface area contributed by atoms with Crippen LogP contribution in [0.2, 0.25) is 0 Å². The van der Waals surface area contributed by atoms with Crippen LogP contribution in [0.3, 0.4) is 0 Å². The van der Waals surface area contributed by atoms with Crippen molar-refractivity contribution in [3.63, 3.8) is 0 Å². The van der Waals surface area contributed by atoms with Crippen molar-refractivity contribution in [3.05, 3.63) is 65.7 Å². The number of likely N-dealkylation sites (tertiary alicyclic amines) is 1. The molecule has 168 valence electrons. The number of piperazine rings is 1. The van der Waals surface area contributed by atoms with Gasteiger partial charge in [0.05, 0.1) is 0 Å². The second-order valence-electron chi connectivity index (χ2n) is 8.87. The molecule has 0 saturated carbocycles. The molecule has 3 aliphatic rings. The fraction of sp³-hybridized carbons (Fsp3) is 0.423. The summed E-state index contributed by atoms with van der Waals surface area (Å²) in [6, 6.07) is 14.4. The molecule has 1 atom stereocenters. The van der Waals surface area contributed by atoms with Gasteiger partial charge < -0.3 is 14.4 Å². The zero-order valence-electron chi connectivity index (χ0n) is 18.5. The van der Waals surface area contributed by atoms with E-state index in [0.717, 1.165) is 74.9 Å². The molecular weight excluding hydrogens is 402 g/mol. The molecule has 2 fully saturated rings. The quantitative estimate of drug-likeness (QED) is 0.723. The lowest BCUT2D eigenvalue weighted by Gasteiger charge is -2.43. The molecule has 1 amide bonds. The first kappa shape index (κ1) is 21.0. The van der Waals surface area contributed by atoms with E-state index in [9.17, 15) is 4.79 Å². The summed E-state index contributed by atoms with van der Waals surface area (Å²) in [7, 11) is 0. The molecule has 3 heterocycles. The maximum Gasteiger partial charge on any atom is 0.253 e. The van der Waals surface area contributed by atoms with Crippen LogP contribution in [0, 0.1) is 0 Å². The summed E-state index contributed by atoms with van der Waals surface area (Å²) >= 11 is 0. The van der Waals surface area contributed by atoms with E-state index in [0.29, 0.717) is 12.8 Å². The average Bonchev–Trinajstić information content (AvgIpc) is 3.32. The SMILES string of the molecule is C=Cc1ccc(C(=O)N2CCC[C@H](N3CCN(Cc4ccc5c(c4)OCO5)CC3)C2)cc1. The second kappa shape index (κ2) is 9.35. The molecular formula is C26H31N3O3. The molecule has 2 aromatic rings. The van der Waals surface area contributed by atoms with Gasteiger partial charge in [-0.3, -0.25) is 14.6 Å². The second-order valence-corrected chi connectivity index (χ2v) is 8.87. The molecule has 5 rings (SSSR count). The molecule has 0 radical (unpaired) electrons. The Bertz CT molecular complexity index is 967. The maximum absolute atomic E-state index is 13.0. The Kier molecular flexibility index (Phi) is 6.14. The van der Waals surface area contributed by atoms with Gasteiger partial charge in [-0.1, -0.05) is 30.9 Å². The van der Waals surface area contributed by atoms with Crippen LogP contribution in [0.4, 0.5) is 0 Å². The molecule has 2 aromatic carbocycles. The maximum atomic E-state index is 13.0. The van der Waals surface area contributed by atoms with Crippen LogP contribution < -0.4 is 9.47 Å². The van der Waals surface area contributed by atoms with E-state index in [1.807, 2.05) is 35.2 Å². The number of carbonyl (C=O) groups is 1. The lowest BCUT2D eigenvalue weighted by atomic mass is 10.0. The van der Waals surface area contributed by atoms with Crippen molar-refractivity contribution in [2.24, 2.45) is 0 Å². The van der Waals surface area contributed by atoms with E-state index in [4.69, 9.17) is 9.47 Å². The summed E-state index contributed by atoms with van der Waals surface area (Å²) in [4.78, 5) is 20.1. The summed E-state index contributed by atoms with van der Waals surface area (Å²) in [6.07, 6.45) is 4.04. The summed E-state index contributed by atoms with van der Waals surface area (Å²) < 4.78 is 10.9. The predicted octanol–water partition coefficient (Wildman–Crippen LogP) is 3.48. The number of carbonyl (C=O) groups excluding carboxylic acids is 1. The fourth-order valence-corrected chi connectivity index (χ4v) is 4.97. The highest BCUT2D eigenvalue weighted by atomic mass is 16.7. The zero-order chi connectivity index (χ0) is 21.9. The van der Waals surface area contributed by atoms with Crippen LogP contribution in [0.15, 0.2) is 49.0 Å². The highest BCUT2D eigenvalue weighted by Gasteiger charge is 2.30. The van der Waals surface area contributed by atoms with E-state index < -0.39 is 0 Å². The Morgan fingerprint density at radius 2 is 1.78 bits per heavy atom. The third-order valence-corrected chi connectivity index (χ3v) is 6.84. The van der Waals surface area contributed by atoms with Gasteiger partial charge in [0, 0.05) is 57.4 Å². The van der Waals surface area contributed by atoms with Crippen LogP contribution in [0.1, 0.15) is 34.3 Å². The minimum Gasteiger partial charge on any atom is -0.454 e. The van der Waals surface area contributed by atoms with Gasteiger partial charge in [-0.25, -0.2) is 0 Å². The number of piperidine rings is 1. The standard InChI is InChI=1S/C26H31N3O3/c1-2-20-5-8-22(9-6-20)26(30)29-11-3-4-23(18-29)28-14-12-27(13-15-28)17-21-7-10-24-25(16-21)32-19-31-24/h2,5-10,16,23H,1,3-4,11-15,17-19H2/t23-/m0/s1. The van der Waals surface area contributed by atoms with Gasteiger partial charge in [-0.15, -0.1) is 0 Å². The summed E-state index contributed by atoms with van der Waals surface area (Å²) in [5.74, 6) is 1.84. The Morgan fingerprint density at radius 1 is 1.00 bits per heavy atom. The van der Waals surface area contributed by atoms with Crippen molar-refractivity contribution in [3.8, 4) is 11.5 Å². The first-order valence-corrected chi connectivity index (χ1v) is 11.6. The molecule has 0 unspecified atom stereocenters. The molecule has 6 nitrogen and oxygen atoms in total. The van der Waals surface area contributed by atoms with Gasteiger partial charge in [-0.2, -0.15) is 0 Å². The van der Waals surface area contributed by atoms with E-state index in [1.165, 1.54) is 12.0 Å². The summed E-state index contributed by atoms with van der Waals surface area (Å²) in [6.45, 7) is 10.9. The van der Waals surface area contributed by atoms with Crippen LogP contribution in [-0.2, 0) is 6.54 Å². The number of rotatable bonds is 5. The molecule has 0 aromatic heterocycles. The Balaban J connectivity index is 1.14. The molecule has 2 saturated heterocycles. The molecule has 32 heavy (non-hydrogen) atoms. The van der Waals surface area contributed by atoms with Gasteiger partial charge in [0.1, 0.15) is 0 Å². The largest absolute Gasteiger partial charge is 0.454 e. The monoisotopic (exact) mass is 433 g/mol. The van der Waals surface area contributed by atoms with Crippen LogP contribution >= 0.6 is 0 Å². The third kappa shape index (κ3) is 4.52. The Labute approximate surface area is 190 Å². The number of fused-ring (bicyclic) bond motifs is 1. The number of ether oxygens (including phenoxy) is 2. The number of hydrogen-bond acceptors (Lipinski definition) is 5. The number of benzene rings is 2. The van der Waals surface area contributed by atoms with Crippen molar-refractivity contribution < 1.29 is 14.3 Å². The lowest BCUT2D eigenvalue weighted by molar-refractivity contribution is 0.0407. The average molecular weight is 434 g/mol. The predicted molar refractivity (Wildman–Crippen MR) is 125 cm³/mol. The topological polar surface area (TPSA) is 45.3 Å². The van der Waals surface area contributed by atoms with Crippen LogP contribution in [-0.4, -0.2) is 72.7 Å². The molecule has 0 spiro atoms. The van der Waals surface area contributed by atoms with Gasteiger partial charge >= 0.3 is 0 Å². The third-order valence-electron chi connectivity index (χ3n) is 6.84. The van der Waals surface area contributed by atoms with Gasteiger partial charge in [-0.05, 0) is 48.2 Å². The minimum atomic E-state index is 0.145. The highest BCUT2D eigenvalue weighted by molar-refractivity contribution is 5.94. The van der Waals surface area contributed by atoms with Crippen molar-refractivity contribution in [1.82, 2.24) is 14.7 Å². The van der Waals surface area contributed by atoms with E-state index >= 15 is 0 Å². The van der Waals surface area contributed by atoms with Crippen molar-refractivity contribution >= 4 is 12.0 Å². The number of amides is 1. The normalized spacial score (nSPS) is 21.5. The van der Waals surface area contributed by atoms with Gasteiger partial charge in [0.15, 0.2) is 11.5 Å². The van der Waals surface area contributed by atoms with Crippen molar-refractivity contribution in [1.29, 1.82) is 0 Å².